The van der Waals surface area contributed by atoms with Gasteiger partial charge in [-0.25, -0.2) is 0 Å². The quantitative estimate of drug-likeness (QED) is 0.862. The Hall–Kier alpha value is -2.34. The molecular formula is C16H19N3O3. The van der Waals surface area contributed by atoms with E-state index in [1.165, 1.54) is 6.92 Å². The summed E-state index contributed by atoms with van der Waals surface area (Å²) in [6.45, 7) is 3.35. The van der Waals surface area contributed by atoms with Gasteiger partial charge in [-0.2, -0.15) is 0 Å². The number of hydrogen-bond acceptors (Lipinski definition) is 3. The largest absolute Gasteiger partial charge is 0.384 e. The van der Waals surface area contributed by atoms with Gasteiger partial charge in [0.2, 0.25) is 0 Å². The number of nitrogens with zero attached hydrogens (tertiary/aromatic N) is 2. The van der Waals surface area contributed by atoms with Crippen LogP contribution in [0.15, 0.2) is 30.5 Å². The number of aromatic nitrogens is 1. The van der Waals surface area contributed by atoms with Crippen LogP contribution in [0.1, 0.15) is 17.3 Å². The number of carbonyl (C=O) groups is 2. The van der Waals surface area contributed by atoms with Crippen LogP contribution >= 0.6 is 0 Å². The molecule has 6 nitrogen and oxygen atoms in total. The molecule has 2 amide bonds. The van der Waals surface area contributed by atoms with E-state index in [0.29, 0.717) is 31.7 Å². The molecule has 0 radical (unpaired) electrons. The number of carbonyl (C=O) groups excluding carboxylic acids is 2. The third kappa shape index (κ3) is 2.69. The number of amides is 2. The minimum absolute atomic E-state index is 0.0272. The molecule has 1 atom stereocenters. The van der Waals surface area contributed by atoms with E-state index in [-0.39, 0.29) is 11.8 Å². The third-order valence-corrected chi connectivity index (χ3v) is 4.04. The van der Waals surface area contributed by atoms with Gasteiger partial charge in [0, 0.05) is 43.5 Å². The number of aliphatic hydroxyl groups excluding tert-OH is 1. The lowest BCUT2D eigenvalue weighted by Gasteiger charge is -2.35. The van der Waals surface area contributed by atoms with Gasteiger partial charge in [0.1, 0.15) is 6.10 Å². The first-order chi connectivity index (χ1) is 10.6. The number of hydrogen-bond donors (Lipinski definition) is 2. The maximum atomic E-state index is 12.5. The lowest BCUT2D eigenvalue weighted by atomic mass is 10.1. The zero-order valence-electron chi connectivity index (χ0n) is 12.5. The fourth-order valence-corrected chi connectivity index (χ4v) is 2.76. The first-order valence-corrected chi connectivity index (χ1v) is 7.39. The molecule has 3 rings (SSSR count). The van der Waals surface area contributed by atoms with Crippen molar-refractivity contribution in [2.75, 3.05) is 26.2 Å². The molecule has 0 saturated carbocycles. The van der Waals surface area contributed by atoms with Crippen LogP contribution in [0.25, 0.3) is 10.9 Å². The van der Waals surface area contributed by atoms with Crippen LogP contribution in [0, 0.1) is 0 Å². The van der Waals surface area contributed by atoms with Crippen LogP contribution in [-0.4, -0.2) is 64.0 Å². The fourth-order valence-electron chi connectivity index (χ4n) is 2.76. The molecule has 1 saturated heterocycles. The summed E-state index contributed by atoms with van der Waals surface area (Å²) in [5.41, 5.74) is 1.58. The summed E-state index contributed by atoms with van der Waals surface area (Å²) >= 11 is 0. The molecule has 2 heterocycles. The van der Waals surface area contributed by atoms with Gasteiger partial charge < -0.3 is 19.9 Å². The van der Waals surface area contributed by atoms with Crippen molar-refractivity contribution < 1.29 is 14.7 Å². The Kier molecular flexibility index (Phi) is 3.85. The van der Waals surface area contributed by atoms with Crippen molar-refractivity contribution >= 4 is 22.7 Å². The lowest BCUT2D eigenvalue weighted by Crippen LogP contribution is -2.52. The lowest BCUT2D eigenvalue weighted by molar-refractivity contribution is -0.140. The van der Waals surface area contributed by atoms with Crippen molar-refractivity contribution in [3.05, 3.63) is 36.0 Å². The fraction of sp³-hybridized carbons (Fsp3) is 0.375. The number of fused-ring (bicyclic) bond motifs is 1. The van der Waals surface area contributed by atoms with Gasteiger partial charge in [0.25, 0.3) is 11.8 Å². The van der Waals surface area contributed by atoms with E-state index in [1.54, 1.807) is 9.80 Å². The minimum atomic E-state index is -0.988. The summed E-state index contributed by atoms with van der Waals surface area (Å²) in [5, 5.41) is 10.4. The first kappa shape index (κ1) is 14.6. The van der Waals surface area contributed by atoms with E-state index in [2.05, 4.69) is 4.98 Å². The smallest absolute Gasteiger partial charge is 0.254 e. The molecule has 6 heteroatoms. The second kappa shape index (κ2) is 5.81. The Morgan fingerprint density at radius 1 is 1.14 bits per heavy atom. The van der Waals surface area contributed by atoms with Gasteiger partial charge in [0.05, 0.1) is 0 Å². The van der Waals surface area contributed by atoms with Gasteiger partial charge in [-0.3, -0.25) is 9.59 Å². The van der Waals surface area contributed by atoms with Crippen molar-refractivity contribution in [1.29, 1.82) is 0 Å². The molecular weight excluding hydrogens is 282 g/mol. The molecule has 1 aliphatic heterocycles. The van der Waals surface area contributed by atoms with Crippen molar-refractivity contribution in [2.45, 2.75) is 13.0 Å². The summed E-state index contributed by atoms with van der Waals surface area (Å²) in [6.07, 6.45) is 0.858. The number of piperazine rings is 1. The van der Waals surface area contributed by atoms with Crippen LogP contribution in [0.3, 0.4) is 0 Å². The standard InChI is InChI=1S/C16H19N3O3/c1-11(20)15(21)18-6-8-19(9-7-18)16(22)13-3-2-12-4-5-17-14(12)10-13/h2-5,10-11,17,20H,6-9H2,1H3. The van der Waals surface area contributed by atoms with E-state index in [9.17, 15) is 14.7 Å². The molecule has 0 bridgehead atoms. The van der Waals surface area contributed by atoms with E-state index >= 15 is 0 Å². The monoisotopic (exact) mass is 301 g/mol. The highest BCUT2D eigenvalue weighted by atomic mass is 16.3. The maximum Gasteiger partial charge on any atom is 0.254 e. The van der Waals surface area contributed by atoms with Crippen molar-refractivity contribution in [3.63, 3.8) is 0 Å². The van der Waals surface area contributed by atoms with Gasteiger partial charge in [-0.05, 0) is 30.5 Å². The van der Waals surface area contributed by atoms with E-state index in [4.69, 9.17) is 0 Å². The number of aliphatic hydroxyl groups is 1. The molecule has 1 fully saturated rings. The van der Waals surface area contributed by atoms with E-state index in [0.717, 1.165) is 10.9 Å². The zero-order valence-corrected chi connectivity index (χ0v) is 12.5. The third-order valence-electron chi connectivity index (χ3n) is 4.04. The molecule has 0 spiro atoms. The number of H-pyrrole nitrogens is 1. The first-order valence-electron chi connectivity index (χ1n) is 7.39. The molecule has 116 valence electrons. The summed E-state index contributed by atoms with van der Waals surface area (Å²) in [5.74, 6) is -0.305. The number of aromatic amines is 1. The summed E-state index contributed by atoms with van der Waals surface area (Å²) in [6, 6.07) is 7.56. The average Bonchev–Trinajstić information content (AvgIpc) is 3.01. The van der Waals surface area contributed by atoms with Crippen molar-refractivity contribution in [1.82, 2.24) is 14.8 Å². The highest BCUT2D eigenvalue weighted by Gasteiger charge is 2.26. The van der Waals surface area contributed by atoms with Crippen LogP contribution in [-0.2, 0) is 4.79 Å². The second-order valence-corrected chi connectivity index (χ2v) is 5.57. The zero-order chi connectivity index (χ0) is 15.7. The van der Waals surface area contributed by atoms with E-state index in [1.807, 2.05) is 30.5 Å². The van der Waals surface area contributed by atoms with Crippen molar-refractivity contribution in [2.24, 2.45) is 0 Å². The van der Waals surface area contributed by atoms with Gasteiger partial charge >= 0.3 is 0 Å². The Morgan fingerprint density at radius 2 is 1.82 bits per heavy atom. The van der Waals surface area contributed by atoms with Crippen LogP contribution in [0.2, 0.25) is 0 Å². The number of nitrogens with one attached hydrogen (secondary N) is 1. The molecule has 22 heavy (non-hydrogen) atoms. The van der Waals surface area contributed by atoms with Crippen LogP contribution in [0.4, 0.5) is 0 Å². The number of benzene rings is 1. The highest BCUT2D eigenvalue weighted by molar-refractivity contribution is 5.98. The summed E-state index contributed by atoms with van der Waals surface area (Å²) in [4.78, 5) is 30.7. The van der Waals surface area contributed by atoms with E-state index < -0.39 is 6.10 Å². The van der Waals surface area contributed by atoms with Crippen LogP contribution in [0.5, 0.6) is 0 Å². The Balaban J connectivity index is 1.68. The van der Waals surface area contributed by atoms with Crippen molar-refractivity contribution in [3.8, 4) is 0 Å². The van der Waals surface area contributed by atoms with Gasteiger partial charge in [0.15, 0.2) is 0 Å². The minimum Gasteiger partial charge on any atom is -0.384 e. The average molecular weight is 301 g/mol. The number of rotatable bonds is 2. The molecule has 1 aliphatic rings. The Labute approximate surface area is 128 Å². The Bertz CT molecular complexity index is 699. The molecule has 2 N–H and O–H groups in total. The highest BCUT2D eigenvalue weighted by Crippen LogP contribution is 2.16. The van der Waals surface area contributed by atoms with Gasteiger partial charge in [-0.1, -0.05) is 6.07 Å². The maximum absolute atomic E-state index is 12.5. The molecule has 1 aromatic carbocycles. The molecule has 0 aliphatic carbocycles. The van der Waals surface area contributed by atoms with Crippen LogP contribution < -0.4 is 0 Å². The van der Waals surface area contributed by atoms with Gasteiger partial charge in [-0.15, -0.1) is 0 Å². The summed E-state index contributed by atoms with van der Waals surface area (Å²) in [7, 11) is 0. The Morgan fingerprint density at radius 3 is 2.50 bits per heavy atom. The SMILES string of the molecule is CC(O)C(=O)N1CCN(C(=O)c2ccc3cc[nH]c3c2)CC1. The molecule has 1 unspecified atom stereocenters. The summed E-state index contributed by atoms with van der Waals surface area (Å²) < 4.78 is 0. The normalized spacial score (nSPS) is 16.8. The predicted molar refractivity (Wildman–Crippen MR) is 82.5 cm³/mol. The predicted octanol–water partition coefficient (Wildman–Crippen LogP) is 0.833. The second-order valence-electron chi connectivity index (χ2n) is 5.57. The molecule has 2 aromatic rings. The molecule has 1 aromatic heterocycles. The topological polar surface area (TPSA) is 76.6 Å².